The molecule has 1 aromatic heterocycles. The fourth-order valence-electron chi connectivity index (χ4n) is 2.37. The Morgan fingerprint density at radius 2 is 1.85 bits per heavy atom. The van der Waals surface area contributed by atoms with E-state index in [-0.39, 0.29) is 11.3 Å². The second-order valence-electron chi connectivity index (χ2n) is 5.59. The van der Waals surface area contributed by atoms with Gasteiger partial charge in [0.1, 0.15) is 23.2 Å². The number of ether oxygens (including phenoxy) is 1. The van der Waals surface area contributed by atoms with Crippen LogP contribution in [-0.2, 0) is 0 Å². The molecule has 2 aromatic carbocycles. The van der Waals surface area contributed by atoms with Gasteiger partial charge in [-0.2, -0.15) is 0 Å². The quantitative estimate of drug-likeness (QED) is 0.658. The highest BCUT2D eigenvalue weighted by Crippen LogP contribution is 2.20. The Kier molecular flexibility index (Phi) is 5.61. The van der Waals surface area contributed by atoms with Crippen molar-refractivity contribution in [1.29, 1.82) is 0 Å². The van der Waals surface area contributed by atoms with E-state index in [1.165, 1.54) is 24.4 Å². The number of pyridine rings is 1. The molecule has 0 radical (unpaired) electrons. The monoisotopic (exact) mass is 369 g/mol. The molecular formula is C20H17F2N3O2. The number of carbonyl (C=O) groups is 1. The van der Waals surface area contributed by atoms with Crippen LogP contribution in [0.25, 0.3) is 0 Å². The third-order valence-electron chi connectivity index (χ3n) is 3.64. The van der Waals surface area contributed by atoms with E-state index < -0.39 is 17.5 Å². The molecule has 27 heavy (non-hydrogen) atoms. The number of hydrogen-bond acceptors (Lipinski definition) is 4. The van der Waals surface area contributed by atoms with Crippen LogP contribution < -0.4 is 15.4 Å². The smallest absolute Gasteiger partial charge is 0.255 e. The van der Waals surface area contributed by atoms with Gasteiger partial charge < -0.3 is 15.4 Å². The summed E-state index contributed by atoms with van der Waals surface area (Å²) in [5.41, 5.74) is 0.953. The summed E-state index contributed by atoms with van der Waals surface area (Å²) in [5, 5.41) is 5.49. The molecule has 7 heteroatoms. The Morgan fingerprint density at radius 1 is 1.07 bits per heavy atom. The number of anilines is 3. The van der Waals surface area contributed by atoms with Gasteiger partial charge in [-0.15, -0.1) is 0 Å². The van der Waals surface area contributed by atoms with Crippen LogP contribution in [0.3, 0.4) is 0 Å². The third kappa shape index (κ3) is 4.78. The SMILES string of the molecule is CCOc1ccc(Nc2cc(C(=O)Nc3ccc(F)cc3F)ccn2)cc1. The first-order valence-corrected chi connectivity index (χ1v) is 8.27. The zero-order valence-electron chi connectivity index (χ0n) is 14.5. The topological polar surface area (TPSA) is 63.2 Å². The molecular weight excluding hydrogens is 352 g/mol. The zero-order valence-corrected chi connectivity index (χ0v) is 14.5. The van der Waals surface area contributed by atoms with Crippen molar-refractivity contribution >= 4 is 23.1 Å². The van der Waals surface area contributed by atoms with Gasteiger partial charge in [0.2, 0.25) is 0 Å². The van der Waals surface area contributed by atoms with Crippen LogP contribution in [0.15, 0.2) is 60.8 Å². The van der Waals surface area contributed by atoms with Gasteiger partial charge in [-0.1, -0.05) is 0 Å². The largest absolute Gasteiger partial charge is 0.494 e. The highest BCUT2D eigenvalue weighted by atomic mass is 19.1. The molecule has 0 aliphatic carbocycles. The maximum absolute atomic E-state index is 13.7. The second kappa shape index (κ2) is 8.27. The van der Waals surface area contributed by atoms with Crippen molar-refractivity contribution in [1.82, 2.24) is 4.98 Å². The molecule has 138 valence electrons. The first-order valence-electron chi connectivity index (χ1n) is 8.27. The summed E-state index contributed by atoms with van der Waals surface area (Å²) in [6.07, 6.45) is 1.47. The normalized spacial score (nSPS) is 10.3. The number of amides is 1. The Labute approximate surface area is 155 Å². The van der Waals surface area contributed by atoms with Crippen molar-refractivity contribution in [3.05, 3.63) is 78.0 Å². The van der Waals surface area contributed by atoms with Crippen molar-refractivity contribution in [3.8, 4) is 5.75 Å². The van der Waals surface area contributed by atoms with E-state index in [1.54, 1.807) is 0 Å². The number of rotatable bonds is 6. The minimum Gasteiger partial charge on any atom is -0.494 e. The van der Waals surface area contributed by atoms with Crippen LogP contribution in [0.1, 0.15) is 17.3 Å². The van der Waals surface area contributed by atoms with Gasteiger partial charge in [0.25, 0.3) is 5.91 Å². The predicted octanol–water partition coefficient (Wildman–Crippen LogP) is 4.75. The predicted molar refractivity (Wildman–Crippen MR) is 99.4 cm³/mol. The summed E-state index contributed by atoms with van der Waals surface area (Å²) in [5.74, 6) is -0.879. The van der Waals surface area contributed by atoms with E-state index in [1.807, 2.05) is 31.2 Å². The zero-order chi connectivity index (χ0) is 19.2. The van der Waals surface area contributed by atoms with Gasteiger partial charge >= 0.3 is 0 Å². The summed E-state index contributed by atoms with van der Waals surface area (Å²) in [7, 11) is 0. The number of hydrogen-bond donors (Lipinski definition) is 2. The molecule has 1 amide bonds. The lowest BCUT2D eigenvalue weighted by Gasteiger charge is -2.10. The van der Waals surface area contributed by atoms with Crippen LogP contribution in [0.5, 0.6) is 5.75 Å². The summed E-state index contributed by atoms with van der Waals surface area (Å²) in [6, 6.07) is 13.3. The van der Waals surface area contributed by atoms with E-state index in [0.717, 1.165) is 17.5 Å². The van der Waals surface area contributed by atoms with Crippen molar-refractivity contribution in [2.45, 2.75) is 6.92 Å². The molecule has 0 spiro atoms. The number of aromatic nitrogens is 1. The van der Waals surface area contributed by atoms with E-state index >= 15 is 0 Å². The lowest BCUT2D eigenvalue weighted by Crippen LogP contribution is -2.13. The second-order valence-corrected chi connectivity index (χ2v) is 5.59. The van der Waals surface area contributed by atoms with Crippen LogP contribution in [0, 0.1) is 11.6 Å². The first-order chi connectivity index (χ1) is 13.0. The number of nitrogens with one attached hydrogen (secondary N) is 2. The molecule has 3 rings (SSSR count). The van der Waals surface area contributed by atoms with Crippen LogP contribution in [-0.4, -0.2) is 17.5 Å². The molecule has 0 unspecified atom stereocenters. The Morgan fingerprint density at radius 3 is 2.56 bits per heavy atom. The van der Waals surface area contributed by atoms with Crippen LogP contribution in [0.2, 0.25) is 0 Å². The number of halogens is 2. The average Bonchev–Trinajstić information content (AvgIpc) is 2.66. The molecule has 0 aliphatic rings. The molecule has 0 fully saturated rings. The molecule has 5 nitrogen and oxygen atoms in total. The minimum atomic E-state index is -0.842. The molecule has 1 heterocycles. The maximum Gasteiger partial charge on any atom is 0.255 e. The third-order valence-corrected chi connectivity index (χ3v) is 3.64. The number of nitrogens with zero attached hydrogens (tertiary/aromatic N) is 1. The summed E-state index contributed by atoms with van der Waals surface area (Å²) >= 11 is 0. The Hall–Kier alpha value is -3.48. The Balaban J connectivity index is 1.71. The highest BCUT2D eigenvalue weighted by Gasteiger charge is 2.11. The van der Waals surface area contributed by atoms with E-state index in [9.17, 15) is 13.6 Å². The molecule has 0 atom stereocenters. The van der Waals surface area contributed by atoms with Crippen LogP contribution in [0.4, 0.5) is 26.0 Å². The van der Waals surface area contributed by atoms with Gasteiger partial charge in [-0.3, -0.25) is 4.79 Å². The summed E-state index contributed by atoms with van der Waals surface area (Å²) in [4.78, 5) is 16.5. The number of carbonyl (C=O) groups excluding carboxylic acids is 1. The Bertz CT molecular complexity index is 946. The van der Waals surface area contributed by atoms with Crippen molar-refractivity contribution in [2.75, 3.05) is 17.2 Å². The fourth-order valence-corrected chi connectivity index (χ4v) is 2.37. The van der Waals surface area contributed by atoms with E-state index in [4.69, 9.17) is 4.74 Å². The molecule has 0 aliphatic heterocycles. The average molecular weight is 369 g/mol. The first kappa shape index (κ1) is 18.3. The molecule has 2 N–H and O–H groups in total. The van der Waals surface area contributed by atoms with Gasteiger partial charge in [0.15, 0.2) is 0 Å². The van der Waals surface area contributed by atoms with E-state index in [2.05, 4.69) is 15.6 Å². The fraction of sp³-hybridized carbons (Fsp3) is 0.100. The number of benzene rings is 2. The van der Waals surface area contributed by atoms with Gasteiger partial charge in [0, 0.05) is 23.5 Å². The molecule has 0 saturated carbocycles. The van der Waals surface area contributed by atoms with Crippen molar-refractivity contribution in [3.63, 3.8) is 0 Å². The van der Waals surface area contributed by atoms with Crippen LogP contribution >= 0.6 is 0 Å². The van der Waals surface area contributed by atoms with Crippen molar-refractivity contribution < 1.29 is 18.3 Å². The van der Waals surface area contributed by atoms with E-state index in [0.29, 0.717) is 18.5 Å². The lowest BCUT2D eigenvalue weighted by atomic mass is 10.2. The maximum atomic E-state index is 13.7. The van der Waals surface area contributed by atoms with Gasteiger partial charge in [-0.05, 0) is 55.5 Å². The molecule has 0 saturated heterocycles. The summed E-state index contributed by atoms with van der Waals surface area (Å²) in [6.45, 7) is 2.49. The minimum absolute atomic E-state index is 0.0979. The van der Waals surface area contributed by atoms with Crippen molar-refractivity contribution in [2.24, 2.45) is 0 Å². The van der Waals surface area contributed by atoms with Gasteiger partial charge in [-0.25, -0.2) is 13.8 Å². The standard InChI is InChI=1S/C20H17F2N3O2/c1-2-27-16-6-4-15(5-7-16)24-19-11-13(9-10-23-19)20(26)25-18-8-3-14(21)12-17(18)22/h3-12H,2H2,1H3,(H,23,24)(H,25,26). The summed E-state index contributed by atoms with van der Waals surface area (Å²) < 4.78 is 32.0. The molecule has 0 bridgehead atoms. The molecule has 3 aromatic rings. The highest BCUT2D eigenvalue weighted by molar-refractivity contribution is 6.04. The lowest BCUT2D eigenvalue weighted by molar-refractivity contribution is 0.102. The van der Waals surface area contributed by atoms with Gasteiger partial charge in [0.05, 0.1) is 12.3 Å².